The number of rotatable bonds is 7. The van der Waals surface area contributed by atoms with Crippen LogP contribution in [-0.4, -0.2) is 45.1 Å². The molecule has 0 atom stereocenters. The van der Waals surface area contributed by atoms with Crippen LogP contribution in [0.2, 0.25) is 0 Å². The molecule has 142 valence electrons. The molecule has 3 rings (SSSR count). The number of alkyl halides is 1. The zero-order chi connectivity index (χ0) is 18.6. The minimum Gasteiger partial charge on any atom is -0.463 e. The highest BCUT2D eigenvalue weighted by Gasteiger charge is 2.27. The van der Waals surface area contributed by atoms with Crippen molar-refractivity contribution in [1.29, 1.82) is 0 Å². The number of sulfonamides is 1. The Bertz CT molecular complexity index is 763. The van der Waals surface area contributed by atoms with E-state index in [1.165, 1.54) is 41.4 Å². The fraction of sp³-hybridized carbons (Fsp3) is 0.500. The van der Waals surface area contributed by atoms with E-state index in [1.54, 1.807) is 6.08 Å². The lowest BCUT2D eigenvalue weighted by Crippen LogP contribution is -2.36. The molecule has 1 aromatic carbocycles. The van der Waals surface area contributed by atoms with Gasteiger partial charge in [0.1, 0.15) is 5.75 Å². The Hall–Kier alpha value is -1.93. The first-order valence-corrected chi connectivity index (χ1v) is 10.2. The third kappa shape index (κ3) is 4.82. The normalized spacial score (nSPS) is 18.4. The van der Waals surface area contributed by atoms with Crippen LogP contribution in [0.15, 0.2) is 40.8 Å². The lowest BCUT2D eigenvalue weighted by atomic mass is 10.1. The van der Waals surface area contributed by atoms with E-state index in [9.17, 15) is 17.6 Å². The Morgan fingerprint density at radius 3 is 2.46 bits per heavy atom. The van der Waals surface area contributed by atoms with Crippen molar-refractivity contribution in [2.45, 2.75) is 30.6 Å². The molecule has 0 unspecified atom stereocenters. The summed E-state index contributed by atoms with van der Waals surface area (Å²) >= 11 is 0. The van der Waals surface area contributed by atoms with Gasteiger partial charge in [-0.05, 0) is 55.9 Å². The molecule has 1 heterocycles. The van der Waals surface area contributed by atoms with Crippen LogP contribution in [0.25, 0.3) is 0 Å². The fourth-order valence-corrected chi connectivity index (χ4v) is 4.32. The molecule has 1 amide bonds. The minimum absolute atomic E-state index is 0.0911. The van der Waals surface area contributed by atoms with Crippen LogP contribution < -0.4 is 10.1 Å². The maximum Gasteiger partial charge on any atom is 0.243 e. The first kappa shape index (κ1) is 18.8. The van der Waals surface area contributed by atoms with Gasteiger partial charge in [0.25, 0.3) is 0 Å². The number of carbonyl (C=O) groups is 1. The van der Waals surface area contributed by atoms with Gasteiger partial charge in [-0.3, -0.25) is 4.79 Å². The number of amides is 1. The number of ether oxygens (including phenoxy) is 1. The first-order valence-electron chi connectivity index (χ1n) is 8.75. The van der Waals surface area contributed by atoms with Gasteiger partial charge in [-0.25, -0.2) is 12.8 Å². The quantitative estimate of drug-likeness (QED) is 0.734. The Morgan fingerprint density at radius 2 is 1.88 bits per heavy atom. The monoisotopic (exact) mass is 382 g/mol. The molecule has 0 spiro atoms. The van der Waals surface area contributed by atoms with Crippen molar-refractivity contribution in [3.05, 3.63) is 35.9 Å². The van der Waals surface area contributed by atoms with Gasteiger partial charge in [0.05, 0.1) is 4.90 Å². The molecular weight excluding hydrogens is 359 g/mol. The molecule has 1 aromatic rings. The number of benzene rings is 1. The van der Waals surface area contributed by atoms with E-state index in [4.69, 9.17) is 0 Å². The summed E-state index contributed by atoms with van der Waals surface area (Å²) in [6, 6.07) is 5.70. The highest BCUT2D eigenvalue weighted by molar-refractivity contribution is 7.89. The summed E-state index contributed by atoms with van der Waals surface area (Å²) in [6.07, 6.45) is 5.06. The van der Waals surface area contributed by atoms with Crippen molar-refractivity contribution in [2.75, 3.05) is 26.5 Å². The molecule has 0 aromatic heterocycles. The summed E-state index contributed by atoms with van der Waals surface area (Å²) in [5.41, 5.74) is 0.969. The average molecular weight is 382 g/mol. The highest BCUT2D eigenvalue weighted by atomic mass is 32.2. The number of piperidine rings is 1. The Kier molecular flexibility index (Phi) is 5.93. The minimum atomic E-state index is -3.60. The van der Waals surface area contributed by atoms with Crippen molar-refractivity contribution < 1.29 is 22.3 Å². The van der Waals surface area contributed by atoms with Crippen molar-refractivity contribution in [1.82, 2.24) is 9.62 Å². The van der Waals surface area contributed by atoms with Gasteiger partial charge in [-0.15, -0.1) is 0 Å². The molecule has 0 radical (unpaired) electrons. The van der Waals surface area contributed by atoms with Crippen molar-refractivity contribution in [3.8, 4) is 5.75 Å². The lowest BCUT2D eigenvalue weighted by Gasteiger charge is -2.27. The molecular formula is C18H23FN2O4S. The van der Waals surface area contributed by atoms with Crippen LogP contribution in [0.4, 0.5) is 4.39 Å². The number of nitrogens with zero attached hydrogens (tertiary/aromatic N) is 1. The van der Waals surface area contributed by atoms with Gasteiger partial charge in [0, 0.05) is 25.7 Å². The number of carbonyl (C=O) groups excluding carboxylic acids is 1. The van der Waals surface area contributed by atoms with Crippen LogP contribution in [-0.2, 0) is 14.8 Å². The van der Waals surface area contributed by atoms with Crippen LogP contribution in [0.1, 0.15) is 25.7 Å². The van der Waals surface area contributed by atoms with E-state index >= 15 is 0 Å². The van der Waals surface area contributed by atoms with Gasteiger partial charge < -0.3 is 10.1 Å². The topological polar surface area (TPSA) is 75.7 Å². The molecule has 8 heteroatoms. The molecule has 1 saturated heterocycles. The predicted octanol–water partition coefficient (Wildman–Crippen LogP) is 2.23. The zero-order valence-electron chi connectivity index (χ0n) is 14.5. The van der Waals surface area contributed by atoms with E-state index in [1.807, 2.05) is 0 Å². The fourth-order valence-electron chi connectivity index (χ4n) is 2.88. The summed E-state index contributed by atoms with van der Waals surface area (Å²) < 4.78 is 43.6. The highest BCUT2D eigenvalue weighted by Crippen LogP contribution is 2.28. The van der Waals surface area contributed by atoms with E-state index < -0.39 is 16.9 Å². The van der Waals surface area contributed by atoms with Crippen LogP contribution in [0, 0.1) is 5.92 Å². The number of nitrogens with one attached hydrogen (secondary N) is 1. The Labute approximate surface area is 153 Å². The number of hydrogen-bond donors (Lipinski definition) is 1. The number of hydrogen-bond acceptors (Lipinski definition) is 4. The van der Waals surface area contributed by atoms with Gasteiger partial charge >= 0.3 is 0 Å². The maximum absolute atomic E-state index is 12.7. The molecule has 1 aliphatic carbocycles. The van der Waals surface area contributed by atoms with E-state index in [0.29, 0.717) is 31.8 Å². The van der Waals surface area contributed by atoms with Crippen LogP contribution in [0.5, 0.6) is 5.75 Å². The lowest BCUT2D eigenvalue weighted by molar-refractivity contribution is -0.116. The largest absolute Gasteiger partial charge is 0.463 e. The number of halogens is 1. The zero-order valence-corrected chi connectivity index (χ0v) is 15.3. The van der Waals surface area contributed by atoms with Crippen molar-refractivity contribution >= 4 is 15.9 Å². The van der Waals surface area contributed by atoms with Crippen molar-refractivity contribution in [3.63, 3.8) is 0 Å². The SMILES string of the molecule is O=C(C=C1CCN(S(=O)(=O)c2ccc(OCF)cc2)CC1)NCC1CC1. The van der Waals surface area contributed by atoms with Gasteiger partial charge in [-0.1, -0.05) is 5.57 Å². The van der Waals surface area contributed by atoms with Gasteiger partial charge in [-0.2, -0.15) is 4.31 Å². The van der Waals surface area contributed by atoms with Gasteiger partial charge in [0.15, 0.2) is 0 Å². The van der Waals surface area contributed by atoms with E-state index in [-0.39, 0.29) is 16.6 Å². The molecule has 6 nitrogen and oxygen atoms in total. The summed E-state index contributed by atoms with van der Waals surface area (Å²) in [6.45, 7) is 0.451. The first-order chi connectivity index (χ1) is 12.5. The van der Waals surface area contributed by atoms with Crippen molar-refractivity contribution in [2.24, 2.45) is 5.92 Å². The molecule has 1 saturated carbocycles. The second-order valence-corrected chi connectivity index (χ2v) is 8.56. The summed E-state index contributed by atoms with van der Waals surface area (Å²) in [7, 11) is -3.60. The van der Waals surface area contributed by atoms with E-state index in [0.717, 1.165) is 12.1 Å². The molecule has 0 bridgehead atoms. The maximum atomic E-state index is 12.7. The van der Waals surface area contributed by atoms with Crippen LogP contribution in [0.3, 0.4) is 0 Å². The van der Waals surface area contributed by atoms with E-state index in [2.05, 4.69) is 10.1 Å². The summed E-state index contributed by atoms with van der Waals surface area (Å²) in [5.74, 6) is 0.824. The van der Waals surface area contributed by atoms with Crippen LogP contribution >= 0.6 is 0 Å². The summed E-state index contributed by atoms with van der Waals surface area (Å²) in [5, 5.41) is 2.89. The van der Waals surface area contributed by atoms with Gasteiger partial charge in [0.2, 0.25) is 22.8 Å². The summed E-state index contributed by atoms with van der Waals surface area (Å²) in [4.78, 5) is 12.0. The molecule has 1 aliphatic heterocycles. The molecule has 2 aliphatic rings. The smallest absolute Gasteiger partial charge is 0.243 e. The standard InChI is InChI=1S/C18H23FN2O4S/c19-13-25-16-3-5-17(6-4-16)26(23,24)21-9-7-14(8-10-21)11-18(22)20-12-15-1-2-15/h3-6,11,15H,1-2,7-10,12-13H2,(H,20,22). The molecule has 1 N–H and O–H groups in total. The second-order valence-electron chi connectivity index (χ2n) is 6.62. The predicted molar refractivity (Wildman–Crippen MR) is 94.9 cm³/mol. The Morgan fingerprint density at radius 1 is 1.23 bits per heavy atom. The molecule has 2 fully saturated rings. The average Bonchev–Trinajstić information content (AvgIpc) is 3.46. The third-order valence-corrected chi connectivity index (χ3v) is 6.56. The third-order valence-electron chi connectivity index (χ3n) is 4.64. The second kappa shape index (κ2) is 8.18. The molecule has 26 heavy (non-hydrogen) atoms. The Balaban J connectivity index is 1.56.